The van der Waals surface area contributed by atoms with E-state index < -0.39 is 11.9 Å². The minimum atomic E-state index is -0.899. The van der Waals surface area contributed by atoms with Gasteiger partial charge in [-0.25, -0.2) is 4.79 Å². The number of carboxylic acids is 1. The molecule has 1 aliphatic heterocycles. The van der Waals surface area contributed by atoms with Gasteiger partial charge in [-0.2, -0.15) is 0 Å². The fourth-order valence-corrected chi connectivity index (χ4v) is 3.09. The van der Waals surface area contributed by atoms with Crippen LogP contribution in [-0.2, 0) is 9.53 Å². The summed E-state index contributed by atoms with van der Waals surface area (Å²) in [5.41, 5.74) is 0.243. The van der Waals surface area contributed by atoms with E-state index in [0.29, 0.717) is 25.6 Å². The Morgan fingerprint density at radius 1 is 1.38 bits per heavy atom. The number of carbonyl (C=O) groups is 2. The van der Waals surface area contributed by atoms with Crippen LogP contribution in [0.2, 0.25) is 0 Å². The molecule has 2 N–H and O–H groups in total. The molecule has 21 heavy (non-hydrogen) atoms. The average molecular weight is 298 g/mol. The lowest BCUT2D eigenvalue weighted by Crippen LogP contribution is -2.51. The number of likely N-dealkylation sites (N-methyl/N-ethyl adjacent to an activating group) is 1. The Hall–Kier alpha value is -1.30. The molecule has 6 heteroatoms. The SMILES string of the molecule is CCN(C(=O)NCC1(C(C)C)CC1)C1COCC1C(=O)O. The Morgan fingerprint density at radius 3 is 2.52 bits per heavy atom. The summed E-state index contributed by atoms with van der Waals surface area (Å²) >= 11 is 0. The van der Waals surface area contributed by atoms with Gasteiger partial charge in [-0.1, -0.05) is 13.8 Å². The second-order valence-electron chi connectivity index (χ2n) is 6.51. The maximum Gasteiger partial charge on any atom is 0.317 e. The van der Waals surface area contributed by atoms with Crippen LogP contribution in [0.1, 0.15) is 33.6 Å². The van der Waals surface area contributed by atoms with Crippen LogP contribution in [0, 0.1) is 17.3 Å². The van der Waals surface area contributed by atoms with Crippen molar-refractivity contribution in [3.8, 4) is 0 Å². The summed E-state index contributed by atoms with van der Waals surface area (Å²) in [6, 6.07) is -0.548. The molecular weight excluding hydrogens is 272 g/mol. The molecule has 2 unspecified atom stereocenters. The van der Waals surface area contributed by atoms with Gasteiger partial charge in [0.1, 0.15) is 5.92 Å². The first-order chi connectivity index (χ1) is 9.91. The molecule has 0 aromatic rings. The zero-order valence-electron chi connectivity index (χ0n) is 13.1. The van der Waals surface area contributed by atoms with Crippen molar-refractivity contribution in [3.05, 3.63) is 0 Å². The van der Waals surface area contributed by atoms with Crippen LogP contribution in [0.3, 0.4) is 0 Å². The van der Waals surface area contributed by atoms with E-state index in [1.165, 1.54) is 0 Å². The summed E-state index contributed by atoms with van der Waals surface area (Å²) in [6.07, 6.45) is 2.31. The second-order valence-corrected chi connectivity index (χ2v) is 6.51. The number of nitrogens with zero attached hydrogens (tertiary/aromatic N) is 1. The van der Waals surface area contributed by atoms with Crippen molar-refractivity contribution < 1.29 is 19.4 Å². The quantitative estimate of drug-likeness (QED) is 0.780. The van der Waals surface area contributed by atoms with Crippen molar-refractivity contribution in [1.29, 1.82) is 0 Å². The van der Waals surface area contributed by atoms with Gasteiger partial charge in [0.25, 0.3) is 0 Å². The van der Waals surface area contributed by atoms with Crippen molar-refractivity contribution in [2.45, 2.75) is 39.7 Å². The fourth-order valence-electron chi connectivity index (χ4n) is 3.09. The third-order valence-electron chi connectivity index (χ3n) is 5.08. The second kappa shape index (κ2) is 6.22. The lowest BCUT2D eigenvalue weighted by molar-refractivity contribution is -0.142. The third-order valence-corrected chi connectivity index (χ3v) is 5.08. The average Bonchev–Trinajstić information content (AvgIpc) is 3.08. The summed E-state index contributed by atoms with van der Waals surface area (Å²) in [5.74, 6) is -0.977. The lowest BCUT2D eigenvalue weighted by Gasteiger charge is -2.30. The predicted molar refractivity (Wildman–Crippen MR) is 78.0 cm³/mol. The molecule has 0 aromatic carbocycles. The van der Waals surface area contributed by atoms with Gasteiger partial charge in [-0.05, 0) is 31.1 Å². The van der Waals surface area contributed by atoms with Crippen LogP contribution in [-0.4, -0.2) is 54.4 Å². The molecule has 0 aromatic heterocycles. The minimum Gasteiger partial charge on any atom is -0.481 e. The van der Waals surface area contributed by atoms with Gasteiger partial charge in [0.05, 0.1) is 19.3 Å². The number of amides is 2. The minimum absolute atomic E-state index is 0.175. The molecular formula is C15H26N2O4. The van der Waals surface area contributed by atoms with E-state index in [1.54, 1.807) is 4.90 Å². The van der Waals surface area contributed by atoms with Crippen molar-refractivity contribution in [1.82, 2.24) is 10.2 Å². The normalized spacial score (nSPS) is 26.7. The monoisotopic (exact) mass is 298 g/mol. The number of aliphatic carboxylic acids is 1. The molecule has 120 valence electrons. The summed E-state index contributed by atoms with van der Waals surface area (Å²) in [7, 11) is 0. The molecule has 1 aliphatic carbocycles. The van der Waals surface area contributed by atoms with Crippen LogP contribution in [0.15, 0.2) is 0 Å². The van der Waals surface area contributed by atoms with Crippen molar-refractivity contribution in [2.24, 2.45) is 17.3 Å². The number of rotatable bonds is 6. The molecule has 0 radical (unpaired) electrons. The zero-order valence-corrected chi connectivity index (χ0v) is 13.1. The van der Waals surface area contributed by atoms with E-state index >= 15 is 0 Å². The number of hydrogen-bond donors (Lipinski definition) is 2. The number of ether oxygens (including phenoxy) is 1. The smallest absolute Gasteiger partial charge is 0.317 e. The third kappa shape index (κ3) is 3.31. The Labute approximate surface area is 125 Å². The first-order valence-electron chi connectivity index (χ1n) is 7.76. The zero-order chi connectivity index (χ0) is 15.6. The molecule has 1 saturated heterocycles. The Balaban J connectivity index is 1.94. The van der Waals surface area contributed by atoms with Gasteiger partial charge < -0.3 is 20.1 Å². The highest BCUT2D eigenvalue weighted by molar-refractivity contribution is 5.77. The summed E-state index contributed by atoms with van der Waals surface area (Å²) in [4.78, 5) is 25.2. The van der Waals surface area contributed by atoms with Crippen LogP contribution in [0.5, 0.6) is 0 Å². The van der Waals surface area contributed by atoms with Crippen LogP contribution >= 0.6 is 0 Å². The molecule has 0 spiro atoms. The van der Waals surface area contributed by atoms with E-state index in [2.05, 4.69) is 19.2 Å². The van der Waals surface area contributed by atoms with Crippen molar-refractivity contribution in [3.63, 3.8) is 0 Å². The molecule has 1 heterocycles. The van der Waals surface area contributed by atoms with E-state index in [4.69, 9.17) is 4.74 Å². The molecule has 6 nitrogen and oxygen atoms in total. The largest absolute Gasteiger partial charge is 0.481 e. The highest BCUT2D eigenvalue weighted by atomic mass is 16.5. The molecule has 0 bridgehead atoms. The molecule has 2 rings (SSSR count). The van der Waals surface area contributed by atoms with Gasteiger partial charge in [-0.3, -0.25) is 4.79 Å². The van der Waals surface area contributed by atoms with Crippen LogP contribution in [0.4, 0.5) is 4.79 Å². The van der Waals surface area contributed by atoms with E-state index in [1.807, 2.05) is 6.92 Å². The molecule has 2 atom stereocenters. The summed E-state index contributed by atoms with van der Waals surface area (Å²) in [6.45, 7) is 7.87. The highest BCUT2D eigenvalue weighted by Gasteiger charge is 2.46. The fraction of sp³-hybridized carbons (Fsp3) is 0.867. The molecule has 1 saturated carbocycles. The number of hydrogen-bond acceptors (Lipinski definition) is 3. The Kier molecular flexibility index (Phi) is 4.76. The first kappa shape index (κ1) is 16.1. The van der Waals surface area contributed by atoms with Crippen LogP contribution in [0.25, 0.3) is 0 Å². The first-order valence-corrected chi connectivity index (χ1v) is 7.76. The molecule has 2 aliphatic rings. The number of carbonyl (C=O) groups excluding carboxylic acids is 1. The topological polar surface area (TPSA) is 78.9 Å². The lowest BCUT2D eigenvalue weighted by atomic mass is 9.92. The number of nitrogens with one attached hydrogen (secondary N) is 1. The maximum atomic E-state index is 12.4. The Bertz CT molecular complexity index is 406. The summed E-state index contributed by atoms with van der Waals surface area (Å²) in [5, 5.41) is 12.2. The van der Waals surface area contributed by atoms with Gasteiger partial charge in [0.2, 0.25) is 0 Å². The number of urea groups is 1. The van der Waals surface area contributed by atoms with Crippen molar-refractivity contribution in [2.75, 3.05) is 26.3 Å². The van der Waals surface area contributed by atoms with Crippen LogP contribution < -0.4 is 5.32 Å². The van der Waals surface area contributed by atoms with Gasteiger partial charge in [0, 0.05) is 13.1 Å². The van der Waals surface area contributed by atoms with Gasteiger partial charge in [-0.15, -0.1) is 0 Å². The van der Waals surface area contributed by atoms with Crippen molar-refractivity contribution >= 4 is 12.0 Å². The molecule has 2 fully saturated rings. The van der Waals surface area contributed by atoms with E-state index in [9.17, 15) is 14.7 Å². The van der Waals surface area contributed by atoms with E-state index in [-0.39, 0.29) is 24.1 Å². The number of carboxylic acid groups (broad SMARTS) is 1. The van der Waals surface area contributed by atoms with E-state index in [0.717, 1.165) is 12.8 Å². The van der Waals surface area contributed by atoms with Gasteiger partial charge >= 0.3 is 12.0 Å². The highest BCUT2D eigenvalue weighted by Crippen LogP contribution is 2.51. The Morgan fingerprint density at radius 2 is 2.05 bits per heavy atom. The summed E-state index contributed by atoms with van der Waals surface area (Å²) < 4.78 is 5.26. The maximum absolute atomic E-state index is 12.4. The predicted octanol–water partition coefficient (Wildman–Crippen LogP) is 1.55. The standard InChI is InChI=1S/C15H26N2O4/c1-4-17(12-8-21-7-11(12)13(18)19)14(20)16-9-15(5-6-15)10(2)3/h10-12H,4-9H2,1-3H3,(H,16,20)(H,18,19). The molecule has 2 amide bonds. The van der Waals surface area contributed by atoms with Gasteiger partial charge in [0.15, 0.2) is 0 Å².